The molecular formula is C19H12BrN3OS. The number of amides is 1. The van der Waals surface area contributed by atoms with Gasteiger partial charge in [-0.25, -0.2) is 4.98 Å². The van der Waals surface area contributed by atoms with E-state index in [2.05, 4.69) is 32.3 Å². The third-order valence-electron chi connectivity index (χ3n) is 3.33. The van der Waals surface area contributed by atoms with Crippen LogP contribution in [0.15, 0.2) is 81.1 Å². The number of aromatic nitrogens is 1. The summed E-state index contributed by atoms with van der Waals surface area (Å²) in [4.78, 5) is 18.4. The lowest BCUT2D eigenvalue weighted by Crippen LogP contribution is -2.13. The highest BCUT2D eigenvalue weighted by Crippen LogP contribution is 2.32. The smallest absolute Gasteiger partial charge is 0.257 e. The van der Waals surface area contributed by atoms with E-state index in [1.165, 1.54) is 11.8 Å². The predicted molar refractivity (Wildman–Crippen MR) is 102 cm³/mol. The van der Waals surface area contributed by atoms with Gasteiger partial charge in [-0.1, -0.05) is 36.0 Å². The van der Waals surface area contributed by atoms with Gasteiger partial charge in [0, 0.05) is 20.5 Å². The molecule has 0 bridgehead atoms. The number of hydrogen-bond donors (Lipinski definition) is 1. The van der Waals surface area contributed by atoms with Gasteiger partial charge in [-0.05, 0) is 52.3 Å². The molecule has 3 rings (SSSR count). The van der Waals surface area contributed by atoms with Gasteiger partial charge in [0.25, 0.3) is 5.91 Å². The minimum atomic E-state index is -0.243. The Balaban J connectivity index is 1.86. The molecule has 1 aromatic heterocycles. The van der Waals surface area contributed by atoms with Crippen LogP contribution in [0.4, 0.5) is 5.82 Å². The Hall–Kier alpha value is -2.62. The second kappa shape index (κ2) is 7.97. The third-order valence-corrected chi connectivity index (χ3v) is 4.95. The van der Waals surface area contributed by atoms with E-state index in [9.17, 15) is 10.1 Å². The zero-order chi connectivity index (χ0) is 17.6. The number of benzene rings is 2. The molecular weight excluding hydrogens is 398 g/mol. The summed E-state index contributed by atoms with van der Waals surface area (Å²) in [5.41, 5.74) is 1.11. The van der Waals surface area contributed by atoms with Crippen LogP contribution >= 0.6 is 27.7 Å². The number of nitrogens with one attached hydrogen (secondary N) is 1. The highest BCUT2D eigenvalue weighted by atomic mass is 79.9. The molecule has 3 aromatic rings. The molecule has 6 heteroatoms. The highest BCUT2D eigenvalue weighted by molar-refractivity contribution is 9.10. The topological polar surface area (TPSA) is 65.8 Å². The van der Waals surface area contributed by atoms with E-state index < -0.39 is 0 Å². The summed E-state index contributed by atoms with van der Waals surface area (Å²) in [6, 6.07) is 20.3. The van der Waals surface area contributed by atoms with Crippen LogP contribution in [0.1, 0.15) is 15.9 Å². The van der Waals surface area contributed by atoms with Crippen molar-refractivity contribution in [2.45, 2.75) is 9.79 Å². The van der Waals surface area contributed by atoms with E-state index >= 15 is 0 Å². The van der Waals surface area contributed by atoms with Crippen molar-refractivity contribution in [2.75, 3.05) is 5.32 Å². The number of anilines is 1. The van der Waals surface area contributed by atoms with Crippen LogP contribution in [0.2, 0.25) is 0 Å². The Morgan fingerprint density at radius 3 is 2.48 bits per heavy atom. The predicted octanol–water partition coefficient (Wildman–Crippen LogP) is 5.12. The lowest BCUT2D eigenvalue weighted by molar-refractivity contribution is 0.102. The minimum Gasteiger partial charge on any atom is -0.307 e. The molecule has 122 valence electrons. The van der Waals surface area contributed by atoms with Crippen molar-refractivity contribution >= 4 is 39.4 Å². The van der Waals surface area contributed by atoms with E-state index in [0.717, 1.165) is 14.3 Å². The number of nitriles is 1. The molecule has 2 aromatic carbocycles. The highest BCUT2D eigenvalue weighted by Gasteiger charge is 2.14. The summed E-state index contributed by atoms with van der Waals surface area (Å²) in [5, 5.41) is 12.0. The molecule has 0 radical (unpaired) electrons. The maximum atomic E-state index is 12.6. The number of rotatable bonds is 4. The molecule has 1 amide bonds. The van der Waals surface area contributed by atoms with Crippen molar-refractivity contribution in [3.8, 4) is 6.07 Å². The summed E-state index contributed by atoms with van der Waals surface area (Å²) in [7, 11) is 0. The summed E-state index contributed by atoms with van der Waals surface area (Å²) in [5.74, 6) is 0.234. The van der Waals surface area contributed by atoms with Crippen LogP contribution in [0.3, 0.4) is 0 Å². The lowest BCUT2D eigenvalue weighted by Gasteiger charge is -2.10. The summed E-state index contributed by atoms with van der Waals surface area (Å²) < 4.78 is 0.842. The van der Waals surface area contributed by atoms with Gasteiger partial charge in [0.05, 0.1) is 11.1 Å². The number of pyridine rings is 1. The zero-order valence-corrected chi connectivity index (χ0v) is 15.3. The van der Waals surface area contributed by atoms with Gasteiger partial charge in [-0.15, -0.1) is 0 Å². The zero-order valence-electron chi connectivity index (χ0n) is 12.9. The van der Waals surface area contributed by atoms with Gasteiger partial charge in [0.15, 0.2) is 0 Å². The average molecular weight is 410 g/mol. The molecule has 1 heterocycles. The van der Waals surface area contributed by atoms with Crippen molar-refractivity contribution in [1.82, 2.24) is 4.98 Å². The summed E-state index contributed by atoms with van der Waals surface area (Å²) in [6.45, 7) is 0. The molecule has 0 fully saturated rings. The molecule has 0 aliphatic heterocycles. The SMILES string of the molecule is N#Cc1ccccc1Sc1ccccc1C(=O)Nc1ccc(Br)cn1. The molecule has 1 N–H and O–H groups in total. The Kier molecular flexibility index (Phi) is 5.49. The number of carbonyl (C=O) groups excluding carboxylic acids is 1. The quantitative estimate of drug-likeness (QED) is 0.649. The Morgan fingerprint density at radius 2 is 1.76 bits per heavy atom. The minimum absolute atomic E-state index is 0.243. The van der Waals surface area contributed by atoms with Gasteiger partial charge in [-0.2, -0.15) is 5.26 Å². The van der Waals surface area contributed by atoms with Crippen LogP contribution < -0.4 is 5.32 Å². The molecule has 0 aliphatic carbocycles. The van der Waals surface area contributed by atoms with Crippen molar-refractivity contribution in [1.29, 1.82) is 5.26 Å². The van der Waals surface area contributed by atoms with Gasteiger partial charge in [0.2, 0.25) is 0 Å². The van der Waals surface area contributed by atoms with Crippen molar-refractivity contribution in [3.05, 3.63) is 82.5 Å². The van der Waals surface area contributed by atoms with Crippen molar-refractivity contribution < 1.29 is 4.79 Å². The molecule has 0 unspecified atom stereocenters. The van der Waals surface area contributed by atoms with Gasteiger partial charge in [-0.3, -0.25) is 4.79 Å². The van der Waals surface area contributed by atoms with Crippen LogP contribution in [-0.4, -0.2) is 10.9 Å². The first kappa shape index (κ1) is 17.2. The van der Waals surface area contributed by atoms with E-state index in [1.807, 2.05) is 42.5 Å². The van der Waals surface area contributed by atoms with E-state index in [0.29, 0.717) is 16.9 Å². The second-order valence-corrected chi connectivity index (χ2v) is 7.02. The molecule has 4 nitrogen and oxygen atoms in total. The first-order chi connectivity index (χ1) is 12.2. The monoisotopic (exact) mass is 409 g/mol. The first-order valence-corrected chi connectivity index (χ1v) is 8.97. The van der Waals surface area contributed by atoms with Gasteiger partial charge in [0.1, 0.15) is 11.9 Å². The van der Waals surface area contributed by atoms with E-state index in [4.69, 9.17) is 0 Å². The normalized spacial score (nSPS) is 10.1. The first-order valence-electron chi connectivity index (χ1n) is 7.36. The third kappa shape index (κ3) is 4.27. The Labute approximate surface area is 158 Å². The van der Waals surface area contributed by atoms with Gasteiger partial charge < -0.3 is 5.32 Å². The van der Waals surface area contributed by atoms with Crippen molar-refractivity contribution in [3.63, 3.8) is 0 Å². The molecule has 0 saturated heterocycles. The van der Waals surface area contributed by atoms with Crippen LogP contribution in [-0.2, 0) is 0 Å². The fourth-order valence-corrected chi connectivity index (χ4v) is 3.40. The Bertz CT molecular complexity index is 951. The standard InChI is InChI=1S/C19H12BrN3OS/c20-14-9-10-18(22-12-14)23-19(24)15-6-2-4-8-17(15)25-16-7-3-1-5-13(16)11-21/h1-10,12H,(H,22,23,24). The fraction of sp³-hybridized carbons (Fsp3) is 0. The molecule has 0 atom stereocenters. The second-order valence-electron chi connectivity index (χ2n) is 5.02. The molecule has 0 saturated carbocycles. The summed E-state index contributed by atoms with van der Waals surface area (Å²) in [6.07, 6.45) is 1.62. The largest absolute Gasteiger partial charge is 0.307 e. The molecule has 0 spiro atoms. The summed E-state index contributed by atoms with van der Waals surface area (Å²) >= 11 is 4.71. The van der Waals surface area contributed by atoms with Gasteiger partial charge >= 0.3 is 0 Å². The van der Waals surface area contributed by atoms with Crippen LogP contribution in [0.5, 0.6) is 0 Å². The lowest BCUT2D eigenvalue weighted by atomic mass is 10.2. The maximum absolute atomic E-state index is 12.6. The number of halogens is 1. The van der Waals surface area contributed by atoms with E-state index in [-0.39, 0.29) is 5.91 Å². The van der Waals surface area contributed by atoms with E-state index in [1.54, 1.807) is 24.4 Å². The average Bonchev–Trinajstić information content (AvgIpc) is 2.64. The number of nitrogens with zero attached hydrogens (tertiary/aromatic N) is 2. The van der Waals surface area contributed by atoms with Crippen LogP contribution in [0, 0.1) is 11.3 Å². The number of carbonyl (C=O) groups is 1. The molecule has 0 aliphatic rings. The van der Waals surface area contributed by atoms with Crippen LogP contribution in [0.25, 0.3) is 0 Å². The fourth-order valence-electron chi connectivity index (χ4n) is 2.14. The van der Waals surface area contributed by atoms with Crippen molar-refractivity contribution in [2.24, 2.45) is 0 Å². The molecule has 25 heavy (non-hydrogen) atoms. The maximum Gasteiger partial charge on any atom is 0.257 e. The Morgan fingerprint density at radius 1 is 1.04 bits per heavy atom. The number of hydrogen-bond acceptors (Lipinski definition) is 4.